The number of nitrogens with one attached hydrogen (secondary N) is 1. The van der Waals surface area contributed by atoms with Crippen molar-refractivity contribution in [2.45, 2.75) is 13.8 Å². The first-order valence-electron chi connectivity index (χ1n) is 5.21. The molecule has 0 unspecified atom stereocenters. The van der Waals surface area contributed by atoms with Gasteiger partial charge in [-0.05, 0) is 19.1 Å². The molecule has 0 aliphatic rings. The van der Waals surface area contributed by atoms with E-state index in [-0.39, 0.29) is 5.76 Å². The fourth-order valence-electron chi connectivity index (χ4n) is 1.45. The molecule has 0 saturated carbocycles. The Bertz CT molecular complexity index is 623. The number of amides is 1. The maximum absolute atomic E-state index is 11.9. The van der Waals surface area contributed by atoms with E-state index in [1.54, 1.807) is 26.0 Å². The molecule has 0 aliphatic carbocycles. The number of hydrogen-bond donors (Lipinski definition) is 1. The lowest BCUT2D eigenvalue weighted by Crippen LogP contribution is -2.13. The Morgan fingerprint density at radius 3 is 2.72 bits per heavy atom. The van der Waals surface area contributed by atoms with E-state index >= 15 is 0 Å². The fourth-order valence-corrected chi connectivity index (χ4v) is 1.45. The Kier molecular flexibility index (Phi) is 3.06. The number of nitrogens with zero attached hydrogens (tertiary/aromatic N) is 3. The number of nitriles is 1. The third-order valence-corrected chi connectivity index (χ3v) is 2.24. The van der Waals surface area contributed by atoms with Gasteiger partial charge in [-0.1, -0.05) is 0 Å². The van der Waals surface area contributed by atoms with Crippen LogP contribution >= 0.6 is 0 Å². The van der Waals surface area contributed by atoms with E-state index in [1.165, 1.54) is 6.20 Å². The molecule has 2 rings (SSSR count). The largest absolute Gasteiger partial charge is 0.436 e. The van der Waals surface area contributed by atoms with Gasteiger partial charge in [0.15, 0.2) is 5.89 Å². The number of pyridine rings is 1. The second-order valence-corrected chi connectivity index (χ2v) is 3.65. The minimum atomic E-state index is -0.412. The summed E-state index contributed by atoms with van der Waals surface area (Å²) in [6.07, 6.45) is 1.38. The molecule has 2 heterocycles. The van der Waals surface area contributed by atoms with Crippen LogP contribution in [0.15, 0.2) is 22.7 Å². The predicted octanol–water partition coefficient (Wildman–Crippen LogP) is 1.81. The average molecular weight is 242 g/mol. The molecule has 2 aromatic heterocycles. The Morgan fingerprint density at radius 1 is 1.44 bits per heavy atom. The minimum Gasteiger partial charge on any atom is -0.436 e. The van der Waals surface area contributed by atoms with Crippen molar-refractivity contribution in [1.82, 2.24) is 9.97 Å². The topological polar surface area (TPSA) is 91.8 Å². The van der Waals surface area contributed by atoms with Gasteiger partial charge in [0.2, 0.25) is 5.76 Å². The van der Waals surface area contributed by atoms with Crippen molar-refractivity contribution in [3.63, 3.8) is 0 Å². The van der Waals surface area contributed by atoms with Crippen LogP contribution in [0.4, 0.5) is 5.82 Å². The van der Waals surface area contributed by atoms with E-state index < -0.39 is 5.91 Å². The summed E-state index contributed by atoms with van der Waals surface area (Å²) in [6, 6.07) is 5.07. The lowest BCUT2D eigenvalue weighted by molar-refractivity contribution is 0.0994. The van der Waals surface area contributed by atoms with E-state index in [0.717, 1.165) is 0 Å². The number of aryl methyl sites for hydroxylation is 2. The minimum absolute atomic E-state index is 0.165. The molecule has 0 radical (unpaired) electrons. The second kappa shape index (κ2) is 4.67. The molecular formula is C12H10N4O2. The number of carbonyl (C=O) groups excluding carboxylic acids is 1. The highest BCUT2D eigenvalue weighted by atomic mass is 16.4. The monoisotopic (exact) mass is 242 g/mol. The van der Waals surface area contributed by atoms with E-state index in [1.807, 2.05) is 6.07 Å². The van der Waals surface area contributed by atoms with Crippen LogP contribution in [-0.2, 0) is 0 Å². The van der Waals surface area contributed by atoms with Crippen LogP contribution in [0.1, 0.15) is 27.7 Å². The van der Waals surface area contributed by atoms with Crippen molar-refractivity contribution in [1.29, 1.82) is 5.26 Å². The van der Waals surface area contributed by atoms with Crippen LogP contribution in [0.2, 0.25) is 0 Å². The van der Waals surface area contributed by atoms with Gasteiger partial charge in [-0.25, -0.2) is 9.97 Å². The van der Waals surface area contributed by atoms with Gasteiger partial charge in [-0.3, -0.25) is 4.79 Å². The molecule has 0 aliphatic heterocycles. The summed E-state index contributed by atoms with van der Waals surface area (Å²) in [5, 5.41) is 11.2. The van der Waals surface area contributed by atoms with Gasteiger partial charge >= 0.3 is 0 Å². The van der Waals surface area contributed by atoms with Crippen molar-refractivity contribution in [3.8, 4) is 6.07 Å². The van der Waals surface area contributed by atoms with Gasteiger partial charge in [0, 0.05) is 13.1 Å². The molecule has 6 nitrogen and oxygen atoms in total. The number of rotatable bonds is 2. The summed E-state index contributed by atoms with van der Waals surface area (Å²) in [5.41, 5.74) is 0.957. The Hall–Kier alpha value is -2.68. The van der Waals surface area contributed by atoms with Gasteiger partial charge in [-0.15, -0.1) is 0 Å². The predicted molar refractivity (Wildman–Crippen MR) is 62.9 cm³/mol. The zero-order valence-electron chi connectivity index (χ0n) is 9.89. The molecule has 1 amide bonds. The molecule has 90 valence electrons. The summed E-state index contributed by atoms with van der Waals surface area (Å²) < 4.78 is 5.19. The lowest BCUT2D eigenvalue weighted by Gasteiger charge is -2.01. The molecular weight excluding hydrogens is 232 g/mol. The third kappa shape index (κ3) is 2.35. The number of hydrogen-bond acceptors (Lipinski definition) is 5. The maximum Gasteiger partial charge on any atom is 0.294 e. The van der Waals surface area contributed by atoms with Crippen LogP contribution in [0.3, 0.4) is 0 Å². The molecule has 0 aromatic carbocycles. The van der Waals surface area contributed by atoms with Crippen LogP contribution < -0.4 is 5.32 Å². The van der Waals surface area contributed by atoms with Crippen LogP contribution in [0.5, 0.6) is 0 Å². The van der Waals surface area contributed by atoms with Crippen LogP contribution in [0.25, 0.3) is 0 Å². The zero-order valence-corrected chi connectivity index (χ0v) is 9.89. The summed E-state index contributed by atoms with van der Waals surface area (Å²) in [7, 11) is 0. The SMILES string of the molecule is Cc1nc(C)c(C(=O)Nc2ccc(C#N)cn2)o1. The number of anilines is 1. The van der Waals surface area contributed by atoms with Crippen molar-refractivity contribution in [2.24, 2.45) is 0 Å². The summed E-state index contributed by atoms with van der Waals surface area (Å²) in [6.45, 7) is 3.36. The van der Waals surface area contributed by atoms with Gasteiger partial charge in [0.25, 0.3) is 5.91 Å². The van der Waals surface area contributed by atoms with Crippen molar-refractivity contribution >= 4 is 11.7 Å². The van der Waals surface area contributed by atoms with Crippen molar-refractivity contribution < 1.29 is 9.21 Å². The lowest BCUT2D eigenvalue weighted by atomic mass is 10.3. The highest BCUT2D eigenvalue weighted by Crippen LogP contribution is 2.12. The molecule has 1 N–H and O–H groups in total. The number of aromatic nitrogens is 2. The summed E-state index contributed by atoms with van der Waals surface area (Å²) in [4.78, 5) is 19.8. The van der Waals surface area contributed by atoms with E-state index in [2.05, 4.69) is 15.3 Å². The van der Waals surface area contributed by atoms with Crippen molar-refractivity contribution in [3.05, 3.63) is 41.2 Å². The van der Waals surface area contributed by atoms with Crippen LogP contribution in [-0.4, -0.2) is 15.9 Å². The first kappa shape index (κ1) is 11.8. The number of oxazole rings is 1. The van der Waals surface area contributed by atoms with Crippen LogP contribution in [0, 0.1) is 25.2 Å². The average Bonchev–Trinajstić information content (AvgIpc) is 2.69. The highest BCUT2D eigenvalue weighted by Gasteiger charge is 2.16. The second-order valence-electron chi connectivity index (χ2n) is 3.65. The maximum atomic E-state index is 11.9. The normalized spacial score (nSPS) is 9.83. The third-order valence-electron chi connectivity index (χ3n) is 2.24. The molecule has 0 atom stereocenters. The smallest absolute Gasteiger partial charge is 0.294 e. The zero-order chi connectivity index (χ0) is 13.1. The molecule has 0 fully saturated rings. The van der Waals surface area contributed by atoms with Gasteiger partial charge in [0.1, 0.15) is 11.9 Å². The molecule has 0 bridgehead atoms. The molecule has 6 heteroatoms. The van der Waals surface area contributed by atoms with Gasteiger partial charge in [0.05, 0.1) is 11.3 Å². The Balaban J connectivity index is 2.16. The van der Waals surface area contributed by atoms with Gasteiger partial charge in [-0.2, -0.15) is 5.26 Å². The van der Waals surface area contributed by atoms with Gasteiger partial charge < -0.3 is 9.73 Å². The highest BCUT2D eigenvalue weighted by molar-refractivity contribution is 6.02. The standard InChI is InChI=1S/C12H10N4O2/c1-7-11(18-8(2)15-7)12(17)16-10-4-3-9(5-13)6-14-10/h3-4,6H,1-2H3,(H,14,16,17). The fraction of sp³-hybridized carbons (Fsp3) is 0.167. The van der Waals surface area contributed by atoms with Crippen molar-refractivity contribution in [2.75, 3.05) is 5.32 Å². The first-order chi connectivity index (χ1) is 8.60. The summed E-state index contributed by atoms with van der Waals surface area (Å²) in [5.74, 6) is 0.543. The molecule has 18 heavy (non-hydrogen) atoms. The number of carbonyl (C=O) groups is 1. The molecule has 2 aromatic rings. The Morgan fingerprint density at radius 2 is 2.22 bits per heavy atom. The first-order valence-corrected chi connectivity index (χ1v) is 5.21. The van der Waals surface area contributed by atoms with E-state index in [9.17, 15) is 4.79 Å². The van der Waals surface area contributed by atoms with E-state index in [0.29, 0.717) is 23.0 Å². The Labute approximate surface area is 103 Å². The molecule has 0 saturated heterocycles. The van der Waals surface area contributed by atoms with E-state index in [4.69, 9.17) is 9.68 Å². The summed E-state index contributed by atoms with van der Waals surface area (Å²) >= 11 is 0. The quantitative estimate of drug-likeness (QED) is 0.866. The molecule has 0 spiro atoms.